The number of fused-ring (bicyclic) bond motifs is 1. The quantitative estimate of drug-likeness (QED) is 0.373. The molecule has 0 atom stereocenters. The van der Waals surface area contributed by atoms with Gasteiger partial charge >= 0.3 is 5.69 Å². The molecule has 0 spiro atoms. The summed E-state index contributed by atoms with van der Waals surface area (Å²) in [5.74, 6) is 0.894. The van der Waals surface area contributed by atoms with Gasteiger partial charge in [0.25, 0.3) is 5.91 Å². The molecule has 4 rings (SSSR count). The maximum Gasteiger partial charge on any atom is 0.310 e. The van der Waals surface area contributed by atoms with Gasteiger partial charge in [-0.3, -0.25) is 19.9 Å². The number of amides is 1. The molecule has 1 amide bonds. The van der Waals surface area contributed by atoms with Gasteiger partial charge in [-0.25, -0.2) is 9.67 Å². The van der Waals surface area contributed by atoms with E-state index in [-0.39, 0.29) is 17.4 Å². The molecule has 31 heavy (non-hydrogen) atoms. The Labute approximate surface area is 177 Å². The zero-order chi connectivity index (χ0) is 22.3. The van der Waals surface area contributed by atoms with Gasteiger partial charge in [-0.15, -0.1) is 0 Å². The third-order valence-electron chi connectivity index (χ3n) is 4.86. The number of rotatable bonds is 5. The monoisotopic (exact) mass is 420 g/mol. The molecule has 0 fully saturated rings. The average Bonchev–Trinajstić information content (AvgIpc) is 3.29. The molecule has 10 nitrogen and oxygen atoms in total. The molecule has 10 heteroatoms. The molecule has 0 aromatic carbocycles. The second-order valence-electron chi connectivity index (χ2n) is 7.41. The molecule has 0 saturated carbocycles. The first-order valence-electron chi connectivity index (χ1n) is 9.61. The maximum absolute atomic E-state index is 13.2. The Kier molecular flexibility index (Phi) is 4.97. The van der Waals surface area contributed by atoms with Crippen molar-refractivity contribution in [2.75, 3.05) is 5.32 Å². The van der Waals surface area contributed by atoms with Crippen LogP contribution in [0.3, 0.4) is 0 Å². The number of carbonyl (C=O) groups excluding carboxylic acids is 1. The molecule has 0 unspecified atom stereocenters. The second kappa shape index (κ2) is 7.63. The Bertz CT molecular complexity index is 1320. The first-order valence-corrected chi connectivity index (χ1v) is 9.61. The predicted molar refractivity (Wildman–Crippen MR) is 114 cm³/mol. The van der Waals surface area contributed by atoms with Gasteiger partial charge < -0.3 is 9.73 Å². The Morgan fingerprint density at radius 1 is 1.26 bits per heavy atom. The summed E-state index contributed by atoms with van der Waals surface area (Å²) in [5, 5.41) is 18.8. The average molecular weight is 420 g/mol. The van der Waals surface area contributed by atoms with Gasteiger partial charge in [-0.1, -0.05) is 0 Å². The lowest BCUT2D eigenvalue weighted by Gasteiger charge is -2.11. The van der Waals surface area contributed by atoms with Crippen LogP contribution < -0.4 is 5.32 Å². The fraction of sp³-hybridized carbons (Fsp3) is 0.238. The van der Waals surface area contributed by atoms with Crippen LogP contribution in [-0.4, -0.2) is 30.6 Å². The van der Waals surface area contributed by atoms with E-state index < -0.39 is 10.8 Å². The van der Waals surface area contributed by atoms with Crippen molar-refractivity contribution in [2.45, 2.75) is 33.7 Å². The maximum atomic E-state index is 13.2. The van der Waals surface area contributed by atoms with E-state index >= 15 is 0 Å². The first kappa shape index (κ1) is 20.2. The lowest BCUT2D eigenvalue weighted by molar-refractivity contribution is -0.384. The number of nitrogens with zero attached hydrogens (tertiary/aromatic N) is 5. The Morgan fingerprint density at radius 2 is 2.03 bits per heavy atom. The summed E-state index contributed by atoms with van der Waals surface area (Å²) in [7, 11) is 0. The first-order chi connectivity index (χ1) is 14.8. The molecular weight excluding hydrogens is 400 g/mol. The summed E-state index contributed by atoms with van der Waals surface area (Å²) in [6.45, 7) is 7.60. The minimum Gasteiger partial charge on any atom is -0.466 e. The molecule has 4 heterocycles. The molecule has 158 valence electrons. The van der Waals surface area contributed by atoms with Gasteiger partial charge in [0, 0.05) is 17.8 Å². The summed E-state index contributed by atoms with van der Waals surface area (Å²) < 4.78 is 7.36. The normalized spacial score (nSPS) is 11.3. The lowest BCUT2D eigenvalue weighted by Crippen LogP contribution is -2.14. The van der Waals surface area contributed by atoms with E-state index in [4.69, 9.17) is 9.40 Å². The molecule has 0 saturated heterocycles. The van der Waals surface area contributed by atoms with Crippen molar-refractivity contribution in [1.29, 1.82) is 0 Å². The number of pyridine rings is 2. The van der Waals surface area contributed by atoms with E-state index in [1.807, 2.05) is 33.8 Å². The van der Waals surface area contributed by atoms with Crippen LogP contribution in [0.2, 0.25) is 0 Å². The highest BCUT2D eigenvalue weighted by atomic mass is 16.6. The van der Waals surface area contributed by atoms with E-state index in [1.165, 1.54) is 12.3 Å². The number of aryl methyl sites for hydroxylation is 2. The van der Waals surface area contributed by atoms with Crippen molar-refractivity contribution in [3.63, 3.8) is 0 Å². The zero-order valence-electron chi connectivity index (χ0n) is 17.4. The van der Waals surface area contributed by atoms with E-state index in [2.05, 4.69) is 15.4 Å². The van der Waals surface area contributed by atoms with Crippen LogP contribution in [0.15, 0.2) is 41.2 Å². The van der Waals surface area contributed by atoms with Crippen LogP contribution in [-0.2, 0) is 0 Å². The Hall–Kier alpha value is -4.08. The highest BCUT2D eigenvalue weighted by molar-refractivity contribution is 6.13. The minimum absolute atomic E-state index is 0.0182. The summed E-state index contributed by atoms with van der Waals surface area (Å²) in [6.07, 6.45) is 4.05. The predicted octanol–water partition coefficient (Wildman–Crippen LogP) is 4.44. The SMILES string of the molecule is Cc1cc(-c2cc(C(=O)Nc3ccncc3[N+](=O)[O-])c3cnn(C(C)C)c3n2)c(C)o1. The number of carbonyl (C=O) groups is 1. The van der Waals surface area contributed by atoms with Crippen LogP contribution in [0.5, 0.6) is 0 Å². The highest BCUT2D eigenvalue weighted by Gasteiger charge is 2.22. The minimum atomic E-state index is -0.593. The van der Waals surface area contributed by atoms with Crippen LogP contribution >= 0.6 is 0 Å². The van der Waals surface area contributed by atoms with Gasteiger partial charge in [0.2, 0.25) is 0 Å². The van der Waals surface area contributed by atoms with Gasteiger partial charge in [-0.05, 0) is 45.9 Å². The molecular formula is C21H20N6O4. The number of hydrogen-bond donors (Lipinski definition) is 1. The standard InChI is InChI=1S/C21H20N6O4/c1-11(2)26-20-16(9-23-26)15(8-18(24-20)14-7-12(3)31-13(14)4)21(28)25-17-5-6-22-10-19(17)27(29)30/h5-11H,1-4H3,(H,22,25,28). The number of nitro groups is 1. The van der Waals surface area contributed by atoms with Crippen LogP contribution in [0.25, 0.3) is 22.3 Å². The van der Waals surface area contributed by atoms with Crippen molar-refractivity contribution in [3.05, 3.63) is 64.0 Å². The molecule has 4 aromatic rings. The van der Waals surface area contributed by atoms with Crippen molar-refractivity contribution in [3.8, 4) is 11.3 Å². The molecule has 0 aliphatic carbocycles. The summed E-state index contributed by atoms with van der Waals surface area (Å²) in [5.41, 5.74) is 1.93. The van der Waals surface area contributed by atoms with Crippen molar-refractivity contribution in [2.24, 2.45) is 0 Å². The third-order valence-corrected chi connectivity index (χ3v) is 4.86. The fourth-order valence-electron chi connectivity index (χ4n) is 3.43. The highest BCUT2D eigenvalue weighted by Crippen LogP contribution is 2.31. The number of anilines is 1. The number of furan rings is 1. The topological polar surface area (TPSA) is 129 Å². The van der Waals surface area contributed by atoms with E-state index in [0.717, 1.165) is 17.5 Å². The Balaban J connectivity index is 1.88. The van der Waals surface area contributed by atoms with Gasteiger partial charge in [0.1, 0.15) is 23.4 Å². The van der Waals surface area contributed by atoms with E-state index in [0.29, 0.717) is 28.1 Å². The van der Waals surface area contributed by atoms with E-state index in [1.54, 1.807) is 16.9 Å². The van der Waals surface area contributed by atoms with Crippen molar-refractivity contribution >= 4 is 28.3 Å². The lowest BCUT2D eigenvalue weighted by atomic mass is 10.1. The molecule has 0 bridgehead atoms. The fourth-order valence-corrected chi connectivity index (χ4v) is 3.43. The van der Waals surface area contributed by atoms with E-state index in [9.17, 15) is 14.9 Å². The number of aromatic nitrogens is 4. The van der Waals surface area contributed by atoms with Gasteiger partial charge in [0.05, 0.1) is 27.8 Å². The molecule has 4 aromatic heterocycles. The molecule has 0 aliphatic heterocycles. The third kappa shape index (κ3) is 3.63. The van der Waals surface area contributed by atoms with Crippen molar-refractivity contribution in [1.82, 2.24) is 19.7 Å². The molecule has 1 N–H and O–H groups in total. The second-order valence-corrected chi connectivity index (χ2v) is 7.41. The van der Waals surface area contributed by atoms with Crippen LogP contribution in [0.4, 0.5) is 11.4 Å². The Morgan fingerprint density at radius 3 is 2.68 bits per heavy atom. The van der Waals surface area contributed by atoms with Crippen LogP contribution in [0.1, 0.15) is 41.8 Å². The van der Waals surface area contributed by atoms with Crippen molar-refractivity contribution < 1.29 is 14.1 Å². The number of hydrogen-bond acceptors (Lipinski definition) is 7. The largest absolute Gasteiger partial charge is 0.466 e. The molecule has 0 aliphatic rings. The van der Waals surface area contributed by atoms with Gasteiger partial charge in [-0.2, -0.15) is 5.10 Å². The summed E-state index contributed by atoms with van der Waals surface area (Å²) in [4.78, 5) is 32.4. The number of nitrogens with one attached hydrogen (secondary N) is 1. The smallest absolute Gasteiger partial charge is 0.310 e. The zero-order valence-corrected chi connectivity index (χ0v) is 17.4. The summed E-state index contributed by atoms with van der Waals surface area (Å²) in [6, 6.07) is 4.91. The molecule has 0 radical (unpaired) electrons. The van der Waals surface area contributed by atoms with Gasteiger partial charge in [0.15, 0.2) is 5.65 Å². The summed E-state index contributed by atoms with van der Waals surface area (Å²) >= 11 is 0. The van der Waals surface area contributed by atoms with Crippen LogP contribution in [0, 0.1) is 24.0 Å².